The van der Waals surface area contributed by atoms with Crippen molar-refractivity contribution in [3.05, 3.63) is 58.6 Å². The minimum absolute atomic E-state index is 0.00766. The normalized spacial score (nSPS) is 14.1. The van der Waals surface area contributed by atoms with Crippen molar-refractivity contribution in [1.82, 2.24) is 9.55 Å². The molecule has 0 amide bonds. The molecule has 0 bridgehead atoms. The summed E-state index contributed by atoms with van der Waals surface area (Å²) in [7, 11) is 0. The van der Waals surface area contributed by atoms with Crippen molar-refractivity contribution < 1.29 is 5.11 Å². The Morgan fingerprint density at radius 1 is 1.29 bits per heavy atom. The van der Waals surface area contributed by atoms with Gasteiger partial charge < -0.3 is 14.6 Å². The van der Waals surface area contributed by atoms with E-state index in [1.54, 1.807) is 17.0 Å². The highest BCUT2D eigenvalue weighted by Crippen LogP contribution is 2.33. The lowest BCUT2D eigenvalue weighted by Gasteiger charge is -2.22. The minimum Gasteiger partial charge on any atom is -0.395 e. The van der Waals surface area contributed by atoms with Gasteiger partial charge in [0.1, 0.15) is 0 Å². The van der Waals surface area contributed by atoms with E-state index < -0.39 is 0 Å². The Kier molecular flexibility index (Phi) is 4.01. The van der Waals surface area contributed by atoms with Crippen LogP contribution in [0.1, 0.15) is 24.4 Å². The van der Waals surface area contributed by atoms with Crippen molar-refractivity contribution in [1.29, 1.82) is 0 Å². The zero-order valence-corrected chi connectivity index (χ0v) is 11.9. The number of nitrogens with zero attached hydrogens (tertiary/aromatic N) is 3. The number of anilines is 1. The summed E-state index contributed by atoms with van der Waals surface area (Å²) in [5.41, 5.74) is 1.03. The van der Waals surface area contributed by atoms with Crippen LogP contribution in [0, 0.1) is 0 Å². The maximum Gasteiger partial charge on any atom is 0.293 e. The lowest BCUT2D eigenvalue weighted by molar-refractivity contribution is 0.301. The maximum atomic E-state index is 12.5. The molecule has 1 saturated carbocycles. The van der Waals surface area contributed by atoms with Crippen molar-refractivity contribution >= 4 is 5.82 Å². The minimum atomic E-state index is -0.0654. The monoisotopic (exact) mass is 285 g/mol. The van der Waals surface area contributed by atoms with Gasteiger partial charge in [0.25, 0.3) is 5.56 Å². The predicted molar refractivity (Wildman–Crippen MR) is 81.3 cm³/mol. The van der Waals surface area contributed by atoms with E-state index in [4.69, 9.17) is 0 Å². The van der Waals surface area contributed by atoms with Crippen LogP contribution in [0.4, 0.5) is 5.82 Å². The number of aromatic nitrogens is 2. The molecule has 5 nitrogen and oxygen atoms in total. The summed E-state index contributed by atoms with van der Waals surface area (Å²) in [5.74, 6) is 0.419. The standard InChI is InChI=1S/C16H19N3O2/c20-11-10-18(12-13-4-2-1-3-5-13)15-16(21)19(9-8-17-15)14-6-7-14/h1-5,8-9,14,20H,6-7,10-12H2. The van der Waals surface area contributed by atoms with Crippen LogP contribution in [-0.2, 0) is 6.54 Å². The second-order valence-electron chi connectivity index (χ2n) is 5.33. The van der Waals surface area contributed by atoms with Crippen LogP contribution in [0.25, 0.3) is 0 Å². The fourth-order valence-electron chi connectivity index (χ4n) is 2.46. The molecular formula is C16H19N3O2. The molecule has 0 spiro atoms. The first-order valence-electron chi connectivity index (χ1n) is 7.26. The van der Waals surface area contributed by atoms with E-state index in [2.05, 4.69) is 4.98 Å². The zero-order chi connectivity index (χ0) is 14.7. The third-order valence-corrected chi connectivity index (χ3v) is 3.68. The van der Waals surface area contributed by atoms with E-state index in [1.807, 2.05) is 35.2 Å². The predicted octanol–water partition coefficient (Wildman–Crippen LogP) is 1.58. The van der Waals surface area contributed by atoms with Gasteiger partial charge in [-0.3, -0.25) is 4.79 Å². The third kappa shape index (κ3) is 3.13. The Labute approximate surface area is 123 Å². The lowest BCUT2D eigenvalue weighted by Crippen LogP contribution is -2.34. The Balaban J connectivity index is 1.90. The highest BCUT2D eigenvalue weighted by molar-refractivity contribution is 5.37. The smallest absolute Gasteiger partial charge is 0.293 e. The Bertz CT molecular complexity index is 650. The van der Waals surface area contributed by atoms with Crippen LogP contribution in [0.15, 0.2) is 47.5 Å². The van der Waals surface area contributed by atoms with Gasteiger partial charge in [-0.05, 0) is 18.4 Å². The van der Waals surface area contributed by atoms with Gasteiger partial charge in [0, 0.05) is 31.5 Å². The summed E-state index contributed by atoms with van der Waals surface area (Å²) < 4.78 is 1.76. The van der Waals surface area contributed by atoms with Crippen LogP contribution in [0.5, 0.6) is 0 Å². The summed E-state index contributed by atoms with van der Waals surface area (Å²) in [6, 6.07) is 10.2. The first-order chi connectivity index (χ1) is 10.3. The molecule has 21 heavy (non-hydrogen) atoms. The van der Waals surface area contributed by atoms with Crippen molar-refractivity contribution in [3.8, 4) is 0 Å². The van der Waals surface area contributed by atoms with Crippen LogP contribution >= 0.6 is 0 Å². The zero-order valence-electron chi connectivity index (χ0n) is 11.9. The Hall–Kier alpha value is -2.14. The molecule has 1 aromatic carbocycles. The van der Waals surface area contributed by atoms with Crippen molar-refractivity contribution in [2.24, 2.45) is 0 Å². The largest absolute Gasteiger partial charge is 0.395 e. The van der Waals surface area contributed by atoms with Gasteiger partial charge in [0.15, 0.2) is 5.82 Å². The van der Waals surface area contributed by atoms with Gasteiger partial charge in [0.05, 0.1) is 6.61 Å². The number of hydrogen-bond donors (Lipinski definition) is 1. The molecule has 0 atom stereocenters. The fraction of sp³-hybridized carbons (Fsp3) is 0.375. The summed E-state index contributed by atoms with van der Waals surface area (Å²) in [4.78, 5) is 18.6. The van der Waals surface area contributed by atoms with E-state index >= 15 is 0 Å². The van der Waals surface area contributed by atoms with E-state index in [9.17, 15) is 9.90 Å². The fourth-order valence-corrected chi connectivity index (χ4v) is 2.46. The highest BCUT2D eigenvalue weighted by Gasteiger charge is 2.26. The molecule has 1 N–H and O–H groups in total. The van der Waals surface area contributed by atoms with Crippen LogP contribution in [-0.4, -0.2) is 27.8 Å². The van der Waals surface area contributed by atoms with Gasteiger partial charge in [-0.15, -0.1) is 0 Å². The van der Waals surface area contributed by atoms with Gasteiger partial charge in [0.2, 0.25) is 0 Å². The summed E-state index contributed by atoms with van der Waals surface area (Å²) in [6.07, 6.45) is 5.54. The van der Waals surface area contributed by atoms with Crippen molar-refractivity contribution in [2.45, 2.75) is 25.4 Å². The summed E-state index contributed by atoms with van der Waals surface area (Å²) in [6.45, 7) is 0.955. The number of hydrogen-bond acceptors (Lipinski definition) is 4. The second-order valence-corrected chi connectivity index (χ2v) is 5.33. The summed E-state index contributed by atoms with van der Waals surface area (Å²) >= 11 is 0. The van der Waals surface area contributed by atoms with Crippen molar-refractivity contribution in [3.63, 3.8) is 0 Å². The first kappa shape index (κ1) is 13.8. The quantitative estimate of drug-likeness (QED) is 0.875. The molecule has 5 heteroatoms. The average Bonchev–Trinajstić information content (AvgIpc) is 3.33. The highest BCUT2D eigenvalue weighted by atomic mass is 16.3. The van der Waals surface area contributed by atoms with Gasteiger partial charge in [-0.25, -0.2) is 4.98 Å². The van der Waals surface area contributed by atoms with E-state index in [1.165, 1.54) is 0 Å². The molecule has 110 valence electrons. The lowest BCUT2D eigenvalue weighted by atomic mass is 10.2. The van der Waals surface area contributed by atoms with Gasteiger partial charge >= 0.3 is 0 Å². The van der Waals surface area contributed by atoms with Crippen LogP contribution < -0.4 is 10.5 Å². The average molecular weight is 285 g/mol. The van der Waals surface area contributed by atoms with Crippen LogP contribution in [0.3, 0.4) is 0 Å². The maximum absolute atomic E-state index is 12.5. The molecule has 0 radical (unpaired) electrons. The third-order valence-electron chi connectivity index (χ3n) is 3.68. The molecule has 1 aromatic heterocycles. The topological polar surface area (TPSA) is 58.4 Å². The van der Waals surface area contributed by atoms with Gasteiger partial charge in [-0.2, -0.15) is 0 Å². The number of aliphatic hydroxyl groups excluding tert-OH is 1. The van der Waals surface area contributed by atoms with E-state index in [0.717, 1.165) is 18.4 Å². The van der Waals surface area contributed by atoms with Gasteiger partial charge in [-0.1, -0.05) is 30.3 Å². The number of benzene rings is 1. The van der Waals surface area contributed by atoms with E-state index in [0.29, 0.717) is 24.9 Å². The molecule has 3 rings (SSSR count). The van der Waals surface area contributed by atoms with Crippen molar-refractivity contribution in [2.75, 3.05) is 18.1 Å². The summed E-state index contributed by atoms with van der Waals surface area (Å²) in [5, 5.41) is 9.28. The first-order valence-corrected chi connectivity index (χ1v) is 7.26. The SMILES string of the molecule is O=c1c(N(CCO)Cc2ccccc2)nccn1C1CC1. The number of aliphatic hydroxyl groups is 1. The van der Waals surface area contributed by atoms with Crippen LogP contribution in [0.2, 0.25) is 0 Å². The molecule has 2 aromatic rings. The van der Waals surface area contributed by atoms with E-state index in [-0.39, 0.29) is 12.2 Å². The second kappa shape index (κ2) is 6.10. The molecule has 0 aliphatic heterocycles. The molecule has 0 saturated heterocycles. The number of rotatable bonds is 6. The molecule has 1 aliphatic rings. The molecule has 0 unspecified atom stereocenters. The molecule has 1 heterocycles. The Morgan fingerprint density at radius 2 is 2.05 bits per heavy atom. The Morgan fingerprint density at radius 3 is 2.71 bits per heavy atom. The molecule has 1 aliphatic carbocycles. The molecular weight excluding hydrogens is 266 g/mol. The molecule has 1 fully saturated rings.